The summed E-state index contributed by atoms with van der Waals surface area (Å²) in [6, 6.07) is 7.36. The zero-order valence-corrected chi connectivity index (χ0v) is 12.6. The molecule has 0 saturated heterocycles. The first-order chi connectivity index (χ1) is 9.67. The average Bonchev–Trinajstić information content (AvgIpc) is 2.46. The summed E-state index contributed by atoms with van der Waals surface area (Å²) < 4.78 is 4.80. The average molecular weight is 292 g/mol. The van der Waals surface area contributed by atoms with Crippen molar-refractivity contribution < 1.29 is 14.3 Å². The van der Waals surface area contributed by atoms with Crippen molar-refractivity contribution in [3.05, 3.63) is 41.5 Å². The molecule has 3 nitrogen and oxygen atoms in total. The molecule has 0 spiro atoms. The molecule has 0 aromatic heterocycles. The molecular weight excluding hydrogens is 272 g/mol. The molecule has 0 fully saturated rings. The summed E-state index contributed by atoms with van der Waals surface area (Å²) in [5.74, 6) is 0.456. The number of rotatable bonds is 8. The van der Waals surface area contributed by atoms with Crippen molar-refractivity contribution in [3.8, 4) is 0 Å². The summed E-state index contributed by atoms with van der Waals surface area (Å²) in [5.41, 5.74) is 1.68. The quantitative estimate of drug-likeness (QED) is 0.453. The fourth-order valence-electron chi connectivity index (χ4n) is 1.67. The van der Waals surface area contributed by atoms with Crippen LogP contribution in [0.15, 0.2) is 30.3 Å². The maximum Gasteiger partial charge on any atom is 0.306 e. The molecular formula is C16H20O3S. The lowest BCUT2D eigenvalue weighted by atomic mass is 10.0. The van der Waals surface area contributed by atoms with Crippen LogP contribution >= 0.6 is 12.6 Å². The van der Waals surface area contributed by atoms with E-state index in [1.807, 2.05) is 24.3 Å². The second-order valence-electron chi connectivity index (χ2n) is 4.26. The number of carbonyl (C=O) groups excluding carboxylic acids is 2. The van der Waals surface area contributed by atoms with Crippen molar-refractivity contribution in [1.82, 2.24) is 0 Å². The molecule has 1 aromatic rings. The van der Waals surface area contributed by atoms with E-state index in [2.05, 4.69) is 12.6 Å². The Morgan fingerprint density at radius 3 is 2.50 bits per heavy atom. The highest BCUT2D eigenvalue weighted by atomic mass is 32.1. The molecule has 0 radical (unpaired) electrons. The number of Topliss-reactive ketones (excluding diaryl/α,β-unsaturated/α-hetero) is 1. The number of ether oxygens (including phenoxy) is 1. The van der Waals surface area contributed by atoms with Crippen LogP contribution in [0.1, 0.15) is 42.1 Å². The lowest BCUT2D eigenvalue weighted by Crippen LogP contribution is -2.07. The molecule has 0 saturated carbocycles. The molecule has 0 N–H and O–H groups in total. The second-order valence-corrected chi connectivity index (χ2v) is 4.71. The summed E-state index contributed by atoms with van der Waals surface area (Å²) in [5, 5.41) is 0. The lowest BCUT2D eigenvalue weighted by molar-refractivity contribution is -0.143. The van der Waals surface area contributed by atoms with Gasteiger partial charge in [0.2, 0.25) is 0 Å². The van der Waals surface area contributed by atoms with Gasteiger partial charge in [0.25, 0.3) is 0 Å². The Morgan fingerprint density at radius 2 is 1.90 bits per heavy atom. The zero-order valence-electron chi connectivity index (χ0n) is 11.7. The van der Waals surface area contributed by atoms with Gasteiger partial charge in [-0.3, -0.25) is 9.59 Å². The fourth-order valence-corrected chi connectivity index (χ4v) is 1.82. The molecule has 1 rings (SSSR count). The summed E-state index contributed by atoms with van der Waals surface area (Å²) in [6.45, 7) is 2.10. The SMILES string of the molecule is CCOC(=O)CCC(=O)c1ccc(C=CCCS)cc1. The molecule has 0 aliphatic carbocycles. The van der Waals surface area contributed by atoms with Crippen molar-refractivity contribution in [2.75, 3.05) is 12.4 Å². The van der Waals surface area contributed by atoms with Gasteiger partial charge in [0.15, 0.2) is 5.78 Å². The van der Waals surface area contributed by atoms with Gasteiger partial charge in [0, 0.05) is 12.0 Å². The minimum atomic E-state index is -0.327. The molecule has 20 heavy (non-hydrogen) atoms. The largest absolute Gasteiger partial charge is 0.466 e. The van der Waals surface area contributed by atoms with Crippen LogP contribution in [0.4, 0.5) is 0 Å². The van der Waals surface area contributed by atoms with Gasteiger partial charge in [-0.2, -0.15) is 12.6 Å². The number of ketones is 1. The van der Waals surface area contributed by atoms with E-state index in [-0.39, 0.29) is 24.6 Å². The van der Waals surface area contributed by atoms with E-state index < -0.39 is 0 Å². The van der Waals surface area contributed by atoms with Crippen LogP contribution in [-0.4, -0.2) is 24.1 Å². The molecule has 0 aliphatic rings. The predicted molar refractivity (Wildman–Crippen MR) is 84.1 cm³/mol. The molecule has 0 aliphatic heterocycles. The monoisotopic (exact) mass is 292 g/mol. The third-order valence-electron chi connectivity index (χ3n) is 2.70. The summed E-state index contributed by atoms with van der Waals surface area (Å²) >= 11 is 4.13. The molecule has 0 unspecified atom stereocenters. The normalized spacial score (nSPS) is 10.7. The fraction of sp³-hybridized carbons (Fsp3) is 0.375. The van der Waals surface area contributed by atoms with Crippen LogP contribution in [-0.2, 0) is 9.53 Å². The number of esters is 1. The zero-order chi connectivity index (χ0) is 14.8. The molecule has 108 valence electrons. The van der Waals surface area contributed by atoms with E-state index in [0.29, 0.717) is 12.2 Å². The first kappa shape index (κ1) is 16.5. The molecule has 0 atom stereocenters. The highest BCUT2D eigenvalue weighted by Crippen LogP contribution is 2.10. The Morgan fingerprint density at radius 1 is 1.20 bits per heavy atom. The van der Waals surface area contributed by atoms with Gasteiger partial charge in [-0.1, -0.05) is 36.4 Å². The van der Waals surface area contributed by atoms with Crippen molar-refractivity contribution in [3.63, 3.8) is 0 Å². The standard InChI is InChI=1S/C16H20O3S/c1-2-19-16(18)11-10-15(17)14-8-6-13(7-9-14)5-3-4-12-20/h3,5-9,20H,2,4,10-12H2,1H3. The maximum absolute atomic E-state index is 11.9. The second kappa shape index (κ2) is 9.37. The third kappa shape index (κ3) is 6.06. The van der Waals surface area contributed by atoms with Crippen LogP contribution in [0.3, 0.4) is 0 Å². The predicted octanol–water partition coefficient (Wildman–Crippen LogP) is 3.55. The first-order valence-electron chi connectivity index (χ1n) is 6.73. The van der Waals surface area contributed by atoms with Crippen molar-refractivity contribution in [1.29, 1.82) is 0 Å². The Labute approximate surface area is 125 Å². The molecule has 0 amide bonds. The van der Waals surface area contributed by atoms with E-state index >= 15 is 0 Å². The first-order valence-corrected chi connectivity index (χ1v) is 7.37. The minimum absolute atomic E-state index is 0.0380. The van der Waals surface area contributed by atoms with Gasteiger partial charge in [0.1, 0.15) is 0 Å². The molecule has 0 bridgehead atoms. The Bertz CT molecular complexity index is 463. The van der Waals surface area contributed by atoms with Crippen molar-refractivity contribution in [2.24, 2.45) is 0 Å². The third-order valence-corrected chi connectivity index (χ3v) is 2.96. The summed E-state index contributed by atoms with van der Waals surface area (Å²) in [6.07, 6.45) is 5.29. The Kier molecular flexibility index (Phi) is 7.73. The molecule has 4 heteroatoms. The van der Waals surface area contributed by atoms with Gasteiger partial charge in [-0.15, -0.1) is 0 Å². The number of carbonyl (C=O) groups is 2. The lowest BCUT2D eigenvalue weighted by Gasteiger charge is -2.02. The van der Waals surface area contributed by atoms with Crippen LogP contribution in [0.25, 0.3) is 6.08 Å². The highest BCUT2D eigenvalue weighted by molar-refractivity contribution is 7.80. The number of hydrogen-bond donors (Lipinski definition) is 1. The van der Waals surface area contributed by atoms with Gasteiger partial charge >= 0.3 is 5.97 Å². The van der Waals surface area contributed by atoms with Crippen LogP contribution < -0.4 is 0 Å². The van der Waals surface area contributed by atoms with Gasteiger partial charge in [-0.05, 0) is 24.7 Å². The maximum atomic E-state index is 11.9. The topological polar surface area (TPSA) is 43.4 Å². The van der Waals surface area contributed by atoms with E-state index in [4.69, 9.17) is 4.74 Å². The van der Waals surface area contributed by atoms with E-state index in [9.17, 15) is 9.59 Å². The number of thiol groups is 1. The highest BCUT2D eigenvalue weighted by Gasteiger charge is 2.09. The smallest absolute Gasteiger partial charge is 0.306 e. The number of benzene rings is 1. The van der Waals surface area contributed by atoms with Gasteiger partial charge < -0.3 is 4.74 Å². The van der Waals surface area contributed by atoms with Crippen molar-refractivity contribution >= 4 is 30.5 Å². The number of hydrogen-bond acceptors (Lipinski definition) is 4. The molecule has 1 aromatic carbocycles. The summed E-state index contributed by atoms with van der Waals surface area (Å²) in [7, 11) is 0. The van der Waals surface area contributed by atoms with Crippen LogP contribution in [0.2, 0.25) is 0 Å². The Balaban J connectivity index is 2.51. The van der Waals surface area contributed by atoms with Crippen LogP contribution in [0.5, 0.6) is 0 Å². The van der Waals surface area contributed by atoms with E-state index in [0.717, 1.165) is 17.7 Å². The molecule has 0 heterocycles. The number of allylic oxidation sites excluding steroid dienone is 1. The summed E-state index contributed by atoms with van der Waals surface area (Å²) in [4.78, 5) is 23.1. The van der Waals surface area contributed by atoms with E-state index in [1.54, 1.807) is 19.1 Å². The van der Waals surface area contributed by atoms with Crippen molar-refractivity contribution in [2.45, 2.75) is 26.2 Å². The Hall–Kier alpha value is -1.55. The van der Waals surface area contributed by atoms with Gasteiger partial charge in [0.05, 0.1) is 13.0 Å². The van der Waals surface area contributed by atoms with Gasteiger partial charge in [-0.25, -0.2) is 0 Å². The van der Waals surface area contributed by atoms with Crippen LogP contribution in [0, 0.1) is 0 Å². The minimum Gasteiger partial charge on any atom is -0.466 e. The van der Waals surface area contributed by atoms with E-state index in [1.165, 1.54) is 0 Å².